The normalized spacial score (nSPS) is 25.2. The summed E-state index contributed by atoms with van der Waals surface area (Å²) in [6, 6.07) is 16.4. The van der Waals surface area contributed by atoms with E-state index in [1.165, 1.54) is 22.3 Å². The van der Waals surface area contributed by atoms with Gasteiger partial charge in [-0.3, -0.25) is 9.59 Å². The van der Waals surface area contributed by atoms with E-state index in [4.69, 9.17) is 4.74 Å². The van der Waals surface area contributed by atoms with Gasteiger partial charge in [-0.05, 0) is 46.9 Å². The number of carbonyl (C=O) groups excluding carboxylic acids is 2. The molecule has 7 heteroatoms. The zero-order valence-electron chi connectivity index (χ0n) is 20.0. The van der Waals surface area contributed by atoms with Crippen molar-refractivity contribution in [3.63, 3.8) is 0 Å². The van der Waals surface area contributed by atoms with Crippen LogP contribution in [0.2, 0.25) is 0 Å². The Morgan fingerprint density at radius 3 is 2.26 bits per heavy atom. The smallest absolute Gasteiger partial charge is 0.407 e. The fourth-order valence-corrected chi connectivity index (χ4v) is 6.17. The van der Waals surface area contributed by atoms with Crippen LogP contribution in [0.1, 0.15) is 43.2 Å². The second-order valence-electron chi connectivity index (χ2n) is 10.2. The monoisotopic (exact) mass is 476 g/mol. The van der Waals surface area contributed by atoms with Crippen molar-refractivity contribution in [2.24, 2.45) is 23.7 Å². The predicted molar refractivity (Wildman–Crippen MR) is 131 cm³/mol. The van der Waals surface area contributed by atoms with E-state index < -0.39 is 18.0 Å². The van der Waals surface area contributed by atoms with Crippen LogP contribution in [0.5, 0.6) is 0 Å². The Balaban J connectivity index is 1.15. The molecule has 2 aromatic carbocycles. The van der Waals surface area contributed by atoms with Crippen molar-refractivity contribution < 1.29 is 24.2 Å². The summed E-state index contributed by atoms with van der Waals surface area (Å²) in [5, 5.41) is 12.3. The number of nitrogens with one attached hydrogen (secondary N) is 1. The van der Waals surface area contributed by atoms with Crippen LogP contribution < -0.4 is 5.32 Å². The molecular formula is C28H32N2O5. The van der Waals surface area contributed by atoms with E-state index >= 15 is 0 Å². The fourth-order valence-electron chi connectivity index (χ4n) is 6.17. The van der Waals surface area contributed by atoms with Gasteiger partial charge in [-0.1, -0.05) is 61.9 Å². The van der Waals surface area contributed by atoms with Gasteiger partial charge < -0.3 is 20.1 Å². The van der Waals surface area contributed by atoms with Crippen molar-refractivity contribution in [3.8, 4) is 11.1 Å². The van der Waals surface area contributed by atoms with E-state index in [-0.39, 0.29) is 42.7 Å². The van der Waals surface area contributed by atoms with Crippen LogP contribution >= 0.6 is 0 Å². The van der Waals surface area contributed by atoms with Crippen LogP contribution in [0.25, 0.3) is 11.1 Å². The first-order valence-electron chi connectivity index (χ1n) is 12.5. The number of carboxylic acid groups (broad SMARTS) is 1. The molecule has 3 aliphatic rings. The minimum absolute atomic E-state index is 0.00768. The molecule has 0 spiro atoms. The highest BCUT2D eigenvalue weighted by molar-refractivity contribution is 5.82. The summed E-state index contributed by atoms with van der Waals surface area (Å²) >= 11 is 0. The van der Waals surface area contributed by atoms with Gasteiger partial charge in [0, 0.05) is 31.5 Å². The standard InChI is InChI=1S/C28H32N2O5/c1-17-14-30(15-24(17)27(32)33)26(31)19-12-6-7-18(19)13-29-28(34)35-16-25-22-10-4-2-8-20(22)21-9-3-5-11-23(21)25/h2-5,8-11,17-19,24-25H,6-7,12-16H2,1H3,(H,29,34)(H,32,33)/t17?,18-,19-,24?/m0/s1. The number of hydrogen-bond donors (Lipinski definition) is 2. The van der Waals surface area contributed by atoms with Crippen molar-refractivity contribution in [2.75, 3.05) is 26.2 Å². The molecule has 2 fully saturated rings. The average molecular weight is 477 g/mol. The third-order valence-electron chi connectivity index (χ3n) is 8.07. The maximum Gasteiger partial charge on any atom is 0.407 e. The lowest BCUT2D eigenvalue weighted by molar-refractivity contribution is -0.142. The summed E-state index contributed by atoms with van der Waals surface area (Å²) in [6.07, 6.45) is 2.11. The molecule has 1 aliphatic heterocycles. The van der Waals surface area contributed by atoms with Crippen molar-refractivity contribution in [1.29, 1.82) is 0 Å². The minimum atomic E-state index is -0.840. The summed E-state index contributed by atoms with van der Waals surface area (Å²) in [5.41, 5.74) is 4.71. The molecule has 184 valence electrons. The van der Waals surface area contributed by atoms with E-state index in [9.17, 15) is 19.5 Å². The maximum absolute atomic E-state index is 13.1. The van der Waals surface area contributed by atoms with Gasteiger partial charge in [-0.15, -0.1) is 0 Å². The van der Waals surface area contributed by atoms with Crippen LogP contribution in [0.3, 0.4) is 0 Å². The third-order valence-corrected chi connectivity index (χ3v) is 8.07. The lowest BCUT2D eigenvalue weighted by Gasteiger charge is -2.25. The van der Waals surface area contributed by atoms with Gasteiger partial charge in [0.1, 0.15) is 6.61 Å². The predicted octanol–water partition coefficient (Wildman–Crippen LogP) is 4.12. The Hall–Kier alpha value is -3.35. The van der Waals surface area contributed by atoms with Gasteiger partial charge in [-0.25, -0.2) is 4.79 Å². The molecule has 0 radical (unpaired) electrons. The van der Waals surface area contributed by atoms with Crippen LogP contribution in [0.15, 0.2) is 48.5 Å². The summed E-state index contributed by atoms with van der Waals surface area (Å²) in [6.45, 7) is 3.29. The Kier molecular flexibility index (Phi) is 6.50. The first kappa shape index (κ1) is 23.4. The number of carboxylic acids is 1. The first-order valence-corrected chi connectivity index (χ1v) is 12.5. The molecule has 5 rings (SSSR count). The van der Waals surface area contributed by atoms with Gasteiger partial charge in [0.2, 0.25) is 5.91 Å². The fraction of sp³-hybridized carbons (Fsp3) is 0.464. The van der Waals surface area contributed by atoms with Crippen LogP contribution in [-0.4, -0.2) is 54.2 Å². The molecule has 2 N–H and O–H groups in total. The zero-order valence-corrected chi connectivity index (χ0v) is 20.0. The number of benzene rings is 2. The van der Waals surface area contributed by atoms with Crippen LogP contribution in [0.4, 0.5) is 4.79 Å². The van der Waals surface area contributed by atoms with E-state index in [2.05, 4.69) is 29.6 Å². The molecule has 1 heterocycles. The summed E-state index contributed by atoms with van der Waals surface area (Å²) in [4.78, 5) is 38.9. The molecule has 1 saturated heterocycles. The van der Waals surface area contributed by atoms with E-state index in [1.807, 2.05) is 31.2 Å². The third kappa shape index (κ3) is 4.51. The Morgan fingerprint density at radius 2 is 1.63 bits per heavy atom. The molecule has 2 unspecified atom stereocenters. The van der Waals surface area contributed by atoms with Crippen LogP contribution in [0, 0.1) is 23.7 Å². The molecule has 35 heavy (non-hydrogen) atoms. The lowest BCUT2D eigenvalue weighted by atomic mass is 9.94. The molecule has 1 saturated carbocycles. The Morgan fingerprint density at radius 1 is 0.971 bits per heavy atom. The van der Waals surface area contributed by atoms with Gasteiger partial charge in [-0.2, -0.15) is 0 Å². The number of fused-ring (bicyclic) bond motifs is 3. The number of amides is 2. The van der Waals surface area contributed by atoms with Crippen molar-refractivity contribution in [3.05, 3.63) is 59.7 Å². The van der Waals surface area contributed by atoms with Gasteiger partial charge >= 0.3 is 12.1 Å². The number of carbonyl (C=O) groups is 3. The van der Waals surface area contributed by atoms with Gasteiger partial charge in [0.25, 0.3) is 0 Å². The van der Waals surface area contributed by atoms with Gasteiger partial charge in [0.15, 0.2) is 0 Å². The molecule has 4 atom stereocenters. The van der Waals surface area contributed by atoms with Gasteiger partial charge in [0.05, 0.1) is 5.92 Å². The molecular weight excluding hydrogens is 444 g/mol. The van der Waals surface area contributed by atoms with Crippen molar-refractivity contribution in [2.45, 2.75) is 32.1 Å². The van der Waals surface area contributed by atoms with Crippen molar-refractivity contribution >= 4 is 18.0 Å². The molecule has 0 bridgehead atoms. The zero-order chi connectivity index (χ0) is 24.5. The molecule has 2 amide bonds. The van der Waals surface area contributed by atoms with E-state index in [0.717, 1.165) is 19.3 Å². The number of likely N-dealkylation sites (tertiary alicyclic amines) is 1. The SMILES string of the molecule is CC1CN(C(=O)[C@H]2CCC[C@H]2CNC(=O)OCC2c3ccccc3-c3ccccc32)CC1C(=O)O. The average Bonchev–Trinajstić information content (AvgIpc) is 3.57. The summed E-state index contributed by atoms with van der Waals surface area (Å²) in [7, 11) is 0. The number of alkyl carbamates (subject to hydrolysis) is 1. The Bertz CT molecular complexity index is 1090. The number of ether oxygens (including phenoxy) is 1. The topological polar surface area (TPSA) is 95.9 Å². The molecule has 0 aromatic heterocycles. The highest BCUT2D eigenvalue weighted by Crippen LogP contribution is 2.44. The number of hydrogen-bond acceptors (Lipinski definition) is 4. The van der Waals surface area contributed by atoms with E-state index in [0.29, 0.717) is 13.1 Å². The lowest BCUT2D eigenvalue weighted by Crippen LogP contribution is -2.40. The second-order valence-corrected chi connectivity index (χ2v) is 10.2. The highest BCUT2D eigenvalue weighted by atomic mass is 16.5. The van der Waals surface area contributed by atoms with Crippen LogP contribution in [-0.2, 0) is 14.3 Å². The quantitative estimate of drug-likeness (QED) is 0.654. The maximum atomic E-state index is 13.1. The van der Waals surface area contributed by atoms with Crippen molar-refractivity contribution in [1.82, 2.24) is 10.2 Å². The second kappa shape index (κ2) is 9.72. The highest BCUT2D eigenvalue weighted by Gasteiger charge is 2.42. The molecule has 2 aromatic rings. The summed E-state index contributed by atoms with van der Waals surface area (Å²) in [5.74, 6) is -1.49. The molecule has 2 aliphatic carbocycles. The molecule has 7 nitrogen and oxygen atoms in total. The first-order chi connectivity index (χ1) is 16.9. The number of aliphatic carboxylic acids is 1. The minimum Gasteiger partial charge on any atom is -0.481 e. The number of rotatable bonds is 6. The summed E-state index contributed by atoms with van der Waals surface area (Å²) < 4.78 is 5.64. The van der Waals surface area contributed by atoms with E-state index in [1.54, 1.807) is 4.90 Å². The Labute approximate surface area is 205 Å². The number of nitrogens with zero attached hydrogens (tertiary/aromatic N) is 1. The largest absolute Gasteiger partial charge is 0.481 e.